The molecule has 6 nitrogen and oxygen atoms in total. The Balaban J connectivity index is 0.00000210. The van der Waals surface area contributed by atoms with Crippen molar-refractivity contribution in [3.8, 4) is 11.4 Å². The Morgan fingerprint density at radius 3 is 2.70 bits per heavy atom. The fraction of sp³-hybridized carbons (Fsp3) is 0.250. The van der Waals surface area contributed by atoms with E-state index in [0.717, 1.165) is 17.0 Å². The SMILES string of the molecule is Cl.NC(CC(=O)Nc1cccc(-c2n[nH]c(C3CC3)n2)c1)c1ccccc1. The van der Waals surface area contributed by atoms with Gasteiger partial charge < -0.3 is 11.1 Å². The zero-order valence-electron chi connectivity index (χ0n) is 14.8. The lowest BCUT2D eigenvalue weighted by molar-refractivity contribution is -0.116. The maximum absolute atomic E-state index is 12.3. The van der Waals surface area contributed by atoms with Crippen molar-refractivity contribution in [2.45, 2.75) is 31.2 Å². The molecule has 1 atom stereocenters. The Morgan fingerprint density at radius 2 is 1.96 bits per heavy atom. The number of hydrogen-bond donors (Lipinski definition) is 3. The number of amides is 1. The third-order valence-electron chi connectivity index (χ3n) is 4.50. The van der Waals surface area contributed by atoms with Gasteiger partial charge in [0.25, 0.3) is 0 Å². The summed E-state index contributed by atoms with van der Waals surface area (Å²) < 4.78 is 0. The van der Waals surface area contributed by atoms with Crippen LogP contribution in [0, 0.1) is 0 Å². The number of nitrogens with zero attached hydrogens (tertiary/aromatic N) is 2. The predicted molar refractivity (Wildman–Crippen MR) is 108 cm³/mol. The molecule has 2 aromatic carbocycles. The van der Waals surface area contributed by atoms with Gasteiger partial charge in [-0.05, 0) is 30.5 Å². The largest absolute Gasteiger partial charge is 0.326 e. The van der Waals surface area contributed by atoms with Crippen LogP contribution in [0.2, 0.25) is 0 Å². The molecule has 1 unspecified atom stereocenters. The number of halogens is 1. The Hall–Kier alpha value is -2.70. The first-order valence-electron chi connectivity index (χ1n) is 8.82. The number of aromatic amines is 1. The Kier molecular flexibility index (Phi) is 5.88. The van der Waals surface area contributed by atoms with Gasteiger partial charge in [0.15, 0.2) is 5.82 Å². The summed E-state index contributed by atoms with van der Waals surface area (Å²) in [6, 6.07) is 16.9. The fourth-order valence-electron chi connectivity index (χ4n) is 2.91. The summed E-state index contributed by atoms with van der Waals surface area (Å²) in [4.78, 5) is 16.9. The van der Waals surface area contributed by atoms with E-state index in [0.29, 0.717) is 17.4 Å². The first kappa shape index (κ1) is 19.1. The van der Waals surface area contributed by atoms with Crippen LogP contribution in [0.3, 0.4) is 0 Å². The molecule has 4 N–H and O–H groups in total. The minimum Gasteiger partial charge on any atom is -0.326 e. The number of carbonyl (C=O) groups is 1. The van der Waals surface area contributed by atoms with E-state index in [2.05, 4.69) is 20.5 Å². The van der Waals surface area contributed by atoms with Crippen molar-refractivity contribution in [1.82, 2.24) is 15.2 Å². The molecular weight excluding hydrogens is 362 g/mol. The van der Waals surface area contributed by atoms with E-state index >= 15 is 0 Å². The molecule has 0 aliphatic heterocycles. The van der Waals surface area contributed by atoms with E-state index in [1.807, 2.05) is 54.6 Å². The molecule has 0 spiro atoms. The molecule has 1 aliphatic carbocycles. The lowest BCUT2D eigenvalue weighted by atomic mass is 10.0. The van der Waals surface area contributed by atoms with E-state index in [1.165, 1.54) is 12.8 Å². The maximum atomic E-state index is 12.3. The van der Waals surface area contributed by atoms with Crippen LogP contribution < -0.4 is 11.1 Å². The summed E-state index contributed by atoms with van der Waals surface area (Å²) in [7, 11) is 0. The molecule has 1 aliphatic rings. The number of rotatable bonds is 6. The number of H-pyrrole nitrogens is 1. The molecule has 140 valence electrons. The van der Waals surface area contributed by atoms with Gasteiger partial charge >= 0.3 is 0 Å². The van der Waals surface area contributed by atoms with Gasteiger partial charge in [0, 0.05) is 29.6 Å². The molecule has 3 aromatic rings. The minimum absolute atomic E-state index is 0. The monoisotopic (exact) mass is 383 g/mol. The van der Waals surface area contributed by atoms with E-state index in [9.17, 15) is 4.79 Å². The molecule has 1 fully saturated rings. The molecule has 27 heavy (non-hydrogen) atoms. The molecule has 1 amide bonds. The van der Waals surface area contributed by atoms with Crippen molar-refractivity contribution in [3.63, 3.8) is 0 Å². The van der Waals surface area contributed by atoms with Crippen LogP contribution in [-0.2, 0) is 4.79 Å². The van der Waals surface area contributed by atoms with Gasteiger partial charge in [0.2, 0.25) is 5.91 Å². The first-order valence-corrected chi connectivity index (χ1v) is 8.82. The van der Waals surface area contributed by atoms with Gasteiger partial charge in [-0.15, -0.1) is 12.4 Å². The summed E-state index contributed by atoms with van der Waals surface area (Å²) in [5.74, 6) is 2.01. The predicted octanol–water partition coefficient (Wildman–Crippen LogP) is 3.80. The quantitative estimate of drug-likeness (QED) is 0.603. The van der Waals surface area contributed by atoms with Gasteiger partial charge in [0.1, 0.15) is 5.82 Å². The molecule has 7 heteroatoms. The number of nitrogens with two attached hydrogens (primary N) is 1. The summed E-state index contributed by atoms with van der Waals surface area (Å²) >= 11 is 0. The average molecular weight is 384 g/mol. The molecular formula is C20H22ClN5O. The van der Waals surface area contributed by atoms with Crippen LogP contribution in [0.25, 0.3) is 11.4 Å². The zero-order chi connectivity index (χ0) is 17.9. The maximum Gasteiger partial charge on any atom is 0.226 e. The molecule has 4 rings (SSSR count). The van der Waals surface area contributed by atoms with E-state index in [4.69, 9.17) is 5.73 Å². The summed E-state index contributed by atoms with van der Waals surface area (Å²) in [6.45, 7) is 0. The topological polar surface area (TPSA) is 96.7 Å². The Morgan fingerprint density at radius 1 is 1.19 bits per heavy atom. The number of carbonyl (C=O) groups excluding carboxylic acids is 1. The summed E-state index contributed by atoms with van der Waals surface area (Å²) in [6.07, 6.45) is 2.57. The van der Waals surface area contributed by atoms with Crippen LogP contribution in [0.1, 0.15) is 42.6 Å². The van der Waals surface area contributed by atoms with Crippen molar-refractivity contribution in [1.29, 1.82) is 0 Å². The van der Waals surface area contributed by atoms with Crippen LogP contribution in [0.4, 0.5) is 5.69 Å². The lowest BCUT2D eigenvalue weighted by Gasteiger charge is -2.12. The highest BCUT2D eigenvalue weighted by molar-refractivity contribution is 5.91. The van der Waals surface area contributed by atoms with E-state index in [1.54, 1.807) is 0 Å². The average Bonchev–Trinajstić information content (AvgIpc) is 3.39. The molecule has 1 saturated carbocycles. The number of hydrogen-bond acceptors (Lipinski definition) is 4. The highest BCUT2D eigenvalue weighted by atomic mass is 35.5. The highest BCUT2D eigenvalue weighted by Crippen LogP contribution is 2.38. The molecule has 1 heterocycles. The molecule has 0 radical (unpaired) electrons. The van der Waals surface area contributed by atoms with Crippen molar-refractivity contribution < 1.29 is 4.79 Å². The summed E-state index contributed by atoms with van der Waals surface area (Å²) in [5, 5.41) is 10.2. The number of aromatic nitrogens is 3. The second-order valence-electron chi connectivity index (χ2n) is 6.67. The molecule has 0 saturated heterocycles. The number of anilines is 1. The number of benzene rings is 2. The second-order valence-corrected chi connectivity index (χ2v) is 6.67. The van der Waals surface area contributed by atoms with Gasteiger partial charge in [-0.1, -0.05) is 42.5 Å². The van der Waals surface area contributed by atoms with Gasteiger partial charge in [0.05, 0.1) is 0 Å². The Labute approximate surface area is 164 Å². The standard InChI is InChI=1S/C20H21N5O.ClH/c21-17(13-5-2-1-3-6-13)12-18(26)22-16-8-4-7-15(11-16)20-23-19(24-25-20)14-9-10-14;/h1-8,11,14,17H,9-10,12,21H2,(H,22,26)(H,23,24,25);1H. The third kappa shape index (κ3) is 4.72. The van der Waals surface area contributed by atoms with Crippen LogP contribution in [0.15, 0.2) is 54.6 Å². The zero-order valence-corrected chi connectivity index (χ0v) is 15.6. The van der Waals surface area contributed by atoms with Gasteiger partial charge in [-0.2, -0.15) is 5.10 Å². The van der Waals surface area contributed by atoms with Crippen LogP contribution in [0.5, 0.6) is 0 Å². The lowest BCUT2D eigenvalue weighted by Crippen LogP contribution is -2.20. The fourth-order valence-corrected chi connectivity index (χ4v) is 2.91. The molecule has 0 bridgehead atoms. The van der Waals surface area contributed by atoms with Crippen LogP contribution in [-0.4, -0.2) is 21.1 Å². The van der Waals surface area contributed by atoms with Crippen molar-refractivity contribution in [2.75, 3.05) is 5.32 Å². The smallest absolute Gasteiger partial charge is 0.226 e. The van der Waals surface area contributed by atoms with Crippen molar-refractivity contribution in [3.05, 3.63) is 66.0 Å². The molecule has 1 aromatic heterocycles. The summed E-state index contributed by atoms with van der Waals surface area (Å²) in [5.41, 5.74) is 8.66. The van der Waals surface area contributed by atoms with E-state index in [-0.39, 0.29) is 30.8 Å². The number of nitrogens with one attached hydrogen (secondary N) is 2. The van der Waals surface area contributed by atoms with Gasteiger partial charge in [-0.25, -0.2) is 4.98 Å². The normalized spacial score (nSPS) is 14.3. The first-order chi connectivity index (χ1) is 12.7. The minimum atomic E-state index is -0.325. The van der Waals surface area contributed by atoms with E-state index < -0.39 is 0 Å². The highest BCUT2D eigenvalue weighted by Gasteiger charge is 2.27. The Bertz CT molecular complexity index is 908. The van der Waals surface area contributed by atoms with Crippen LogP contribution >= 0.6 is 12.4 Å². The van der Waals surface area contributed by atoms with Crippen molar-refractivity contribution in [2.24, 2.45) is 5.73 Å². The third-order valence-corrected chi connectivity index (χ3v) is 4.50. The second kappa shape index (κ2) is 8.33. The van der Waals surface area contributed by atoms with Gasteiger partial charge in [-0.3, -0.25) is 9.89 Å². The van der Waals surface area contributed by atoms with Crippen molar-refractivity contribution >= 4 is 24.0 Å².